The van der Waals surface area contributed by atoms with Crippen molar-refractivity contribution < 1.29 is 9.90 Å². The topological polar surface area (TPSA) is 37.3 Å². The van der Waals surface area contributed by atoms with E-state index in [1.165, 1.54) is 6.92 Å². The van der Waals surface area contributed by atoms with Crippen LogP contribution >= 0.6 is 0 Å². The Labute approximate surface area is 120 Å². The number of hydrogen-bond acceptors (Lipinski definition) is 2. The van der Waals surface area contributed by atoms with E-state index in [0.717, 1.165) is 21.9 Å². The average molecular weight is 270 g/mol. The zero-order valence-corrected chi connectivity index (χ0v) is 12.8. The Morgan fingerprint density at radius 1 is 1.05 bits per heavy atom. The molecule has 2 aromatic carbocycles. The van der Waals surface area contributed by atoms with Crippen molar-refractivity contribution >= 4 is 16.6 Å². The molecule has 2 aromatic rings. The van der Waals surface area contributed by atoms with Crippen molar-refractivity contribution in [3.8, 4) is 5.75 Å². The van der Waals surface area contributed by atoms with Crippen molar-refractivity contribution in [2.75, 3.05) is 0 Å². The van der Waals surface area contributed by atoms with Gasteiger partial charge in [0.1, 0.15) is 5.75 Å². The van der Waals surface area contributed by atoms with E-state index in [9.17, 15) is 9.90 Å². The molecule has 0 heterocycles. The maximum atomic E-state index is 11.8. The quantitative estimate of drug-likeness (QED) is 0.797. The number of hydrogen-bond donors (Lipinski definition) is 1. The Morgan fingerprint density at radius 3 is 2.15 bits per heavy atom. The lowest BCUT2D eigenvalue weighted by molar-refractivity contribution is 0.101. The van der Waals surface area contributed by atoms with Gasteiger partial charge in [0.05, 0.1) is 5.56 Å². The number of carbonyl (C=O) groups is 1. The summed E-state index contributed by atoms with van der Waals surface area (Å²) in [5, 5.41) is 12.4. The summed E-state index contributed by atoms with van der Waals surface area (Å²) in [7, 11) is 0. The van der Waals surface area contributed by atoms with Gasteiger partial charge in [0.15, 0.2) is 5.78 Å². The number of phenols is 1. The van der Waals surface area contributed by atoms with Crippen LogP contribution in [0.3, 0.4) is 0 Å². The lowest BCUT2D eigenvalue weighted by Crippen LogP contribution is -2.01. The van der Waals surface area contributed by atoms with Gasteiger partial charge in [-0.15, -0.1) is 0 Å². The molecular formula is C18H22O2. The Bertz CT molecular complexity index is 667. The monoisotopic (exact) mass is 270 g/mol. The molecular weight excluding hydrogens is 248 g/mol. The van der Waals surface area contributed by atoms with Gasteiger partial charge in [-0.25, -0.2) is 0 Å². The maximum absolute atomic E-state index is 11.8. The fourth-order valence-corrected chi connectivity index (χ4v) is 2.74. The number of Topliss-reactive ketones (excluding diaryl/α,β-unsaturated/α-hetero) is 1. The minimum atomic E-state index is -0.0927. The number of aromatic hydroxyl groups is 1. The molecule has 0 aliphatic heterocycles. The van der Waals surface area contributed by atoms with Crippen LogP contribution < -0.4 is 0 Å². The van der Waals surface area contributed by atoms with Crippen molar-refractivity contribution in [2.24, 2.45) is 0 Å². The van der Waals surface area contributed by atoms with E-state index < -0.39 is 0 Å². The molecule has 0 atom stereocenters. The highest BCUT2D eigenvalue weighted by Crippen LogP contribution is 2.39. The first-order chi connectivity index (χ1) is 9.34. The number of carbonyl (C=O) groups excluding carboxylic acids is 1. The number of rotatable bonds is 3. The zero-order chi connectivity index (χ0) is 15.0. The fraction of sp³-hybridized carbons (Fsp3) is 0.389. The number of fused-ring (bicyclic) bond motifs is 1. The van der Waals surface area contributed by atoms with Crippen LogP contribution in [-0.2, 0) is 0 Å². The molecule has 2 heteroatoms. The largest absolute Gasteiger partial charge is 0.507 e. The van der Waals surface area contributed by atoms with Crippen molar-refractivity contribution in [1.82, 2.24) is 0 Å². The van der Waals surface area contributed by atoms with Gasteiger partial charge in [-0.1, -0.05) is 45.9 Å². The van der Waals surface area contributed by atoms with Crippen LogP contribution in [0.5, 0.6) is 5.75 Å². The Balaban J connectivity index is 2.99. The minimum absolute atomic E-state index is 0.0927. The smallest absolute Gasteiger partial charge is 0.163 e. The predicted octanol–water partition coefficient (Wildman–Crippen LogP) is 4.99. The summed E-state index contributed by atoms with van der Waals surface area (Å²) in [4.78, 5) is 11.8. The number of benzene rings is 2. The SMILES string of the molecule is CC(=O)c1cc(C(C)C)c2cccc(C(C)C)c2c1O. The van der Waals surface area contributed by atoms with Crippen LogP contribution in [0.25, 0.3) is 10.8 Å². The van der Waals surface area contributed by atoms with Gasteiger partial charge in [-0.2, -0.15) is 0 Å². The first-order valence-corrected chi connectivity index (χ1v) is 7.14. The molecule has 0 radical (unpaired) electrons. The van der Waals surface area contributed by atoms with Crippen LogP contribution in [-0.4, -0.2) is 10.9 Å². The molecule has 0 spiro atoms. The molecule has 0 saturated carbocycles. The molecule has 0 amide bonds. The zero-order valence-electron chi connectivity index (χ0n) is 12.8. The van der Waals surface area contributed by atoms with Gasteiger partial charge in [-0.05, 0) is 41.3 Å². The molecule has 0 bridgehead atoms. The summed E-state index contributed by atoms with van der Waals surface area (Å²) in [5.41, 5.74) is 2.63. The van der Waals surface area contributed by atoms with Gasteiger partial charge < -0.3 is 5.11 Å². The highest BCUT2D eigenvalue weighted by atomic mass is 16.3. The third-order valence-electron chi connectivity index (χ3n) is 3.82. The van der Waals surface area contributed by atoms with Gasteiger partial charge in [0.2, 0.25) is 0 Å². The van der Waals surface area contributed by atoms with Gasteiger partial charge in [0.25, 0.3) is 0 Å². The van der Waals surface area contributed by atoms with E-state index in [-0.39, 0.29) is 11.5 Å². The Morgan fingerprint density at radius 2 is 1.65 bits per heavy atom. The van der Waals surface area contributed by atoms with Crippen molar-refractivity contribution in [1.29, 1.82) is 0 Å². The maximum Gasteiger partial charge on any atom is 0.163 e. The molecule has 2 nitrogen and oxygen atoms in total. The van der Waals surface area contributed by atoms with Crippen molar-refractivity contribution in [3.05, 3.63) is 41.0 Å². The van der Waals surface area contributed by atoms with Gasteiger partial charge in [0, 0.05) is 5.39 Å². The molecule has 1 N–H and O–H groups in total. The average Bonchev–Trinajstić information content (AvgIpc) is 2.37. The molecule has 0 aromatic heterocycles. The first kappa shape index (κ1) is 14.6. The highest BCUT2D eigenvalue weighted by molar-refractivity contribution is 6.06. The fourth-order valence-electron chi connectivity index (χ4n) is 2.74. The van der Waals surface area contributed by atoms with Crippen molar-refractivity contribution in [2.45, 2.75) is 46.5 Å². The normalized spacial score (nSPS) is 11.6. The van der Waals surface area contributed by atoms with Crippen LogP contribution in [0.2, 0.25) is 0 Å². The van der Waals surface area contributed by atoms with E-state index >= 15 is 0 Å². The van der Waals surface area contributed by atoms with E-state index in [1.54, 1.807) is 0 Å². The lowest BCUT2D eigenvalue weighted by Gasteiger charge is -2.18. The molecule has 0 aliphatic rings. The van der Waals surface area contributed by atoms with Gasteiger partial charge >= 0.3 is 0 Å². The lowest BCUT2D eigenvalue weighted by atomic mass is 9.87. The molecule has 0 fully saturated rings. The van der Waals surface area contributed by atoms with Crippen LogP contribution in [0.4, 0.5) is 0 Å². The summed E-state index contributed by atoms with van der Waals surface area (Å²) in [6, 6.07) is 7.92. The third-order valence-corrected chi connectivity index (χ3v) is 3.82. The molecule has 20 heavy (non-hydrogen) atoms. The molecule has 0 unspecified atom stereocenters. The minimum Gasteiger partial charge on any atom is -0.507 e. The van der Waals surface area contributed by atoms with Crippen LogP contribution in [0.1, 0.15) is 67.9 Å². The van der Waals surface area contributed by atoms with Crippen LogP contribution in [0.15, 0.2) is 24.3 Å². The summed E-state index contributed by atoms with van der Waals surface area (Å²) in [5.74, 6) is 0.636. The Kier molecular flexibility index (Phi) is 3.85. The van der Waals surface area contributed by atoms with E-state index in [0.29, 0.717) is 17.4 Å². The van der Waals surface area contributed by atoms with E-state index in [1.807, 2.05) is 24.3 Å². The molecule has 0 saturated heterocycles. The summed E-state index contributed by atoms with van der Waals surface area (Å²) < 4.78 is 0. The van der Waals surface area contributed by atoms with E-state index in [4.69, 9.17) is 0 Å². The standard InChI is InChI=1S/C18H22O2/c1-10(2)13-7-6-8-14-15(11(3)4)9-16(12(5)19)18(20)17(13)14/h6-11,20H,1-5H3. The van der Waals surface area contributed by atoms with Crippen LogP contribution in [0, 0.1) is 0 Å². The summed E-state index contributed by atoms with van der Waals surface area (Å²) in [6.45, 7) is 9.92. The molecule has 2 rings (SSSR count). The number of ketones is 1. The third kappa shape index (κ3) is 2.31. The summed E-state index contributed by atoms with van der Waals surface area (Å²) in [6.07, 6.45) is 0. The first-order valence-electron chi connectivity index (χ1n) is 7.14. The molecule has 106 valence electrons. The number of phenolic OH excluding ortho intramolecular Hbond substituents is 1. The Hall–Kier alpha value is -1.83. The highest BCUT2D eigenvalue weighted by Gasteiger charge is 2.19. The second-order valence-corrected chi connectivity index (χ2v) is 6.00. The second kappa shape index (κ2) is 5.28. The van der Waals surface area contributed by atoms with E-state index in [2.05, 4.69) is 27.7 Å². The predicted molar refractivity (Wildman–Crippen MR) is 83.8 cm³/mol. The molecule has 0 aliphatic carbocycles. The van der Waals surface area contributed by atoms with Crippen molar-refractivity contribution in [3.63, 3.8) is 0 Å². The summed E-state index contributed by atoms with van der Waals surface area (Å²) >= 11 is 0. The second-order valence-electron chi connectivity index (χ2n) is 6.00. The van der Waals surface area contributed by atoms with Gasteiger partial charge in [-0.3, -0.25) is 4.79 Å².